The number of ether oxygens (including phenoxy) is 4. The molecule has 1 fully saturated rings. The summed E-state index contributed by atoms with van der Waals surface area (Å²) in [6.07, 6.45) is 6.73. The molecule has 492 valence electrons. The van der Waals surface area contributed by atoms with Crippen LogP contribution in [0.2, 0.25) is 0 Å². The number of fused-ring (bicyclic) bond motifs is 1. The van der Waals surface area contributed by atoms with Gasteiger partial charge >= 0.3 is 6.09 Å². The summed E-state index contributed by atoms with van der Waals surface area (Å²) in [5.74, 6) is -1.94. The molecule has 1 saturated heterocycles. The van der Waals surface area contributed by atoms with Crippen LogP contribution in [0.3, 0.4) is 0 Å². The Morgan fingerprint density at radius 1 is 0.822 bits per heavy atom. The molecule has 0 aliphatic carbocycles. The standard InChI is InChI=1S/C64H94N14O11S/c1-9-28-78(62(84)54(42(6)11-3)72-59(83)49-20-15-16-29-77(49)8)50(41(4)5)36-51(87-30-10-2)61-71-48(39-90-61)58(82)70-47(35-44-18-13-12-14-19-44)34-43(7)57(81)75-76-64(85)88-33-32-86-31-27-66-52(79)21-17-22-53(80)67-37-45-23-25-46(26-24-45)38-89-60-55-56(69-40-68-55)73-63(65)74-60/h12-14,18-19,23-26,39-43,47,49-51,54H,9-11,15-17,20-22,27-38H2,1-8H3,(H,66,79)(H,67,80)(H,70,82)(H,72,83)(H,75,81)(H,76,85)(H3,65,68,69,73,74)/t42-,43-,47+,49+,50+,51+,54-/m0/s1. The number of carbonyl (C=O) groups excluding carboxylic acids is 7. The number of likely N-dealkylation sites (tertiary alicyclic amines) is 1. The Hall–Kier alpha value is -7.81. The summed E-state index contributed by atoms with van der Waals surface area (Å²) in [7, 11) is 1.97. The Morgan fingerprint density at radius 3 is 2.28 bits per heavy atom. The van der Waals surface area contributed by atoms with E-state index in [2.05, 4.69) is 70.8 Å². The van der Waals surface area contributed by atoms with Gasteiger partial charge in [0.2, 0.25) is 41.4 Å². The molecule has 5 aromatic rings. The van der Waals surface area contributed by atoms with Gasteiger partial charge in [0.25, 0.3) is 5.91 Å². The number of anilines is 1. The van der Waals surface area contributed by atoms with Gasteiger partial charge in [0.15, 0.2) is 5.65 Å². The van der Waals surface area contributed by atoms with Crippen molar-refractivity contribution in [1.82, 2.24) is 66.8 Å². The topological polar surface area (TPSA) is 328 Å². The summed E-state index contributed by atoms with van der Waals surface area (Å²) in [5.41, 5.74) is 14.3. The maximum absolute atomic E-state index is 14.8. The summed E-state index contributed by atoms with van der Waals surface area (Å²) < 4.78 is 23.0. The van der Waals surface area contributed by atoms with E-state index in [0.29, 0.717) is 67.4 Å². The smallest absolute Gasteiger partial charge is 0.426 e. The van der Waals surface area contributed by atoms with Crippen molar-refractivity contribution in [3.8, 4) is 5.88 Å². The Morgan fingerprint density at radius 2 is 1.57 bits per heavy atom. The number of imidazole rings is 1. The number of likely N-dealkylation sites (N-methyl/N-ethyl adjacent to an activating group) is 1. The highest BCUT2D eigenvalue weighted by molar-refractivity contribution is 7.09. The van der Waals surface area contributed by atoms with Crippen LogP contribution in [0.25, 0.3) is 11.2 Å². The zero-order valence-corrected chi connectivity index (χ0v) is 54.3. The number of thiazole rings is 1. The molecule has 3 aromatic heterocycles. The molecule has 2 aromatic carbocycles. The molecular weight excluding hydrogens is 1170 g/mol. The van der Waals surface area contributed by atoms with Crippen LogP contribution in [0.1, 0.15) is 157 Å². The molecule has 90 heavy (non-hydrogen) atoms. The second-order valence-corrected chi connectivity index (χ2v) is 24.2. The van der Waals surface area contributed by atoms with Crippen molar-refractivity contribution >= 4 is 70.0 Å². The van der Waals surface area contributed by atoms with E-state index in [4.69, 9.17) is 29.7 Å². The Labute approximate surface area is 532 Å². The maximum atomic E-state index is 14.8. The van der Waals surface area contributed by atoms with E-state index in [0.717, 1.165) is 55.3 Å². The van der Waals surface area contributed by atoms with Gasteiger partial charge in [-0.2, -0.15) is 9.97 Å². The number of nitrogens with two attached hydrogens (primary N) is 1. The number of H-pyrrole nitrogens is 1. The average molecular weight is 1270 g/mol. The van der Waals surface area contributed by atoms with E-state index in [9.17, 15) is 33.6 Å². The van der Waals surface area contributed by atoms with Gasteiger partial charge in [0.05, 0.1) is 25.6 Å². The predicted molar refractivity (Wildman–Crippen MR) is 342 cm³/mol. The third kappa shape index (κ3) is 22.9. The molecule has 4 heterocycles. The van der Waals surface area contributed by atoms with Gasteiger partial charge in [-0.15, -0.1) is 11.3 Å². The van der Waals surface area contributed by atoms with E-state index in [1.807, 2.05) is 94.2 Å². The maximum Gasteiger partial charge on any atom is 0.426 e. The number of benzene rings is 2. The van der Waals surface area contributed by atoms with Gasteiger partial charge in [-0.3, -0.25) is 39.1 Å². The molecule has 0 spiro atoms. The summed E-state index contributed by atoms with van der Waals surface area (Å²) in [5, 5.41) is 14.2. The van der Waals surface area contributed by atoms with Crippen LogP contribution in [0.5, 0.6) is 5.88 Å². The van der Waals surface area contributed by atoms with E-state index >= 15 is 0 Å². The second-order valence-electron chi connectivity index (χ2n) is 23.3. The molecule has 7 amide bonds. The van der Waals surface area contributed by atoms with Crippen LogP contribution in [0.15, 0.2) is 66.3 Å². The van der Waals surface area contributed by atoms with Crippen molar-refractivity contribution in [3.63, 3.8) is 0 Å². The summed E-state index contributed by atoms with van der Waals surface area (Å²) >= 11 is 1.32. The van der Waals surface area contributed by atoms with Crippen LogP contribution < -0.4 is 42.6 Å². The second kappa shape index (κ2) is 37.4. The van der Waals surface area contributed by atoms with Crippen molar-refractivity contribution < 1.29 is 52.5 Å². The number of aromatic nitrogens is 5. The van der Waals surface area contributed by atoms with E-state index in [-0.39, 0.29) is 111 Å². The summed E-state index contributed by atoms with van der Waals surface area (Å²) in [6, 6.07) is 15.4. The normalized spacial score (nSPS) is 15.4. The lowest BCUT2D eigenvalue weighted by molar-refractivity contribution is -0.143. The highest BCUT2D eigenvalue weighted by Crippen LogP contribution is 2.32. The van der Waals surface area contributed by atoms with Crippen LogP contribution >= 0.6 is 11.3 Å². The fraction of sp³-hybridized carbons (Fsp3) is 0.578. The monoisotopic (exact) mass is 1270 g/mol. The van der Waals surface area contributed by atoms with E-state index in [1.165, 1.54) is 17.7 Å². The minimum Gasteiger partial charge on any atom is -0.471 e. The lowest BCUT2D eigenvalue weighted by Crippen LogP contribution is -2.58. The van der Waals surface area contributed by atoms with Gasteiger partial charge in [0.1, 0.15) is 41.6 Å². The molecule has 7 atom stereocenters. The molecule has 0 bridgehead atoms. The lowest BCUT2D eigenvalue weighted by Gasteiger charge is -2.40. The van der Waals surface area contributed by atoms with Gasteiger partial charge < -0.3 is 55.8 Å². The van der Waals surface area contributed by atoms with Gasteiger partial charge in [-0.05, 0) is 87.1 Å². The van der Waals surface area contributed by atoms with E-state index in [1.54, 1.807) is 12.3 Å². The van der Waals surface area contributed by atoms with Crippen molar-refractivity contribution in [1.29, 1.82) is 0 Å². The fourth-order valence-corrected chi connectivity index (χ4v) is 11.4. The van der Waals surface area contributed by atoms with Gasteiger partial charge in [0, 0.05) is 68.9 Å². The van der Waals surface area contributed by atoms with Crippen LogP contribution in [0.4, 0.5) is 10.7 Å². The average Bonchev–Trinajstić information content (AvgIpc) is 1.88. The van der Waals surface area contributed by atoms with E-state index < -0.39 is 42.0 Å². The minimum absolute atomic E-state index is 0.0213. The number of hydrazine groups is 1. The number of carbonyl (C=O) groups is 7. The first kappa shape index (κ1) is 71.3. The largest absolute Gasteiger partial charge is 0.471 e. The number of aromatic amines is 1. The number of hydrogen-bond donors (Lipinski definition) is 8. The van der Waals surface area contributed by atoms with Crippen molar-refractivity contribution in [2.45, 2.75) is 169 Å². The molecule has 25 nitrogen and oxygen atoms in total. The Bertz CT molecular complexity index is 3060. The summed E-state index contributed by atoms with van der Waals surface area (Å²) in [6.45, 7) is 16.6. The fourth-order valence-electron chi connectivity index (χ4n) is 10.6. The number of rotatable bonds is 37. The number of piperidine rings is 1. The SMILES string of the molecule is CCCO[C@H](C[C@H](C(C)C)N(CCC)C(=O)[C@@H](NC(=O)[C@H]1CCCCN1C)[C@@H](C)CC)c1nc(C(=O)N[C@@H](Cc2ccccc2)C[C@H](C)C(=O)NNC(=O)OCCOCCNC(=O)CCCC(=O)NCc2ccc(COc3nc(N)nc4nc[nH]c34)cc2)cs1. The Kier molecular flexibility index (Phi) is 29.6. The molecule has 26 heteroatoms. The first-order valence-corrected chi connectivity index (χ1v) is 32.5. The van der Waals surface area contributed by atoms with Crippen LogP contribution in [0, 0.1) is 17.8 Å². The highest BCUT2D eigenvalue weighted by atomic mass is 32.1. The first-order chi connectivity index (χ1) is 43.4. The van der Waals surface area contributed by atoms with Crippen molar-refractivity contribution in [2.24, 2.45) is 17.8 Å². The third-order valence-corrected chi connectivity index (χ3v) is 16.7. The highest BCUT2D eigenvalue weighted by Gasteiger charge is 2.38. The number of nitrogens with one attached hydrogen (secondary N) is 7. The lowest BCUT2D eigenvalue weighted by atomic mass is 9.92. The van der Waals surface area contributed by atoms with Gasteiger partial charge in [-0.1, -0.05) is 116 Å². The predicted octanol–water partition coefficient (Wildman–Crippen LogP) is 6.85. The molecule has 0 radical (unpaired) electrons. The van der Waals surface area contributed by atoms with Crippen LogP contribution in [-0.4, -0.2) is 154 Å². The zero-order chi connectivity index (χ0) is 65.0. The number of nitrogens with zero attached hydrogens (tertiary/aromatic N) is 6. The number of amides is 7. The first-order valence-electron chi connectivity index (χ1n) is 31.6. The number of nitrogen functional groups attached to an aromatic ring is 1. The molecule has 0 unspecified atom stereocenters. The van der Waals surface area contributed by atoms with Crippen LogP contribution in [-0.2, 0) is 57.8 Å². The molecule has 1 aliphatic heterocycles. The molecule has 9 N–H and O–H groups in total. The summed E-state index contributed by atoms with van der Waals surface area (Å²) in [4.78, 5) is 118. The molecule has 6 rings (SSSR count). The third-order valence-electron chi connectivity index (χ3n) is 15.8. The molecule has 1 aliphatic rings. The Balaban J connectivity index is 0.897. The molecule has 0 saturated carbocycles. The van der Waals surface area contributed by atoms with Crippen molar-refractivity contribution in [2.75, 3.05) is 58.8 Å². The molecular formula is C64H94N14O11S. The quantitative estimate of drug-likeness (QED) is 0.0149. The minimum atomic E-state index is -0.903. The number of hydrogen-bond acceptors (Lipinski definition) is 18. The van der Waals surface area contributed by atoms with Gasteiger partial charge in [-0.25, -0.2) is 20.2 Å². The zero-order valence-electron chi connectivity index (χ0n) is 53.5. The van der Waals surface area contributed by atoms with Crippen molar-refractivity contribution in [3.05, 3.63) is 93.7 Å².